The average molecular weight is 264 g/mol. The van der Waals surface area contributed by atoms with E-state index < -0.39 is 5.97 Å². The summed E-state index contributed by atoms with van der Waals surface area (Å²) in [5.41, 5.74) is 1.74. The predicted molar refractivity (Wildman–Crippen MR) is 73.2 cm³/mol. The summed E-state index contributed by atoms with van der Waals surface area (Å²) < 4.78 is 0. The van der Waals surface area contributed by atoms with Crippen molar-refractivity contribution < 1.29 is 14.7 Å². The average Bonchev–Trinajstić information content (AvgIpc) is 2.34. The number of amides is 1. The van der Waals surface area contributed by atoms with Crippen LogP contribution < -0.4 is 10.6 Å². The zero-order chi connectivity index (χ0) is 14.3. The minimum absolute atomic E-state index is 0.0753. The van der Waals surface area contributed by atoms with Gasteiger partial charge in [-0.2, -0.15) is 0 Å². The second kappa shape index (κ2) is 7.53. The fraction of sp³-hybridized carbons (Fsp3) is 0.429. The van der Waals surface area contributed by atoms with Gasteiger partial charge in [0.05, 0.1) is 6.42 Å². The number of aryl methyl sites for hydroxylation is 1. The fourth-order valence-corrected chi connectivity index (χ4v) is 1.64. The summed E-state index contributed by atoms with van der Waals surface area (Å²) in [6.07, 6.45) is 0.0753. The number of hydrogen-bond acceptors (Lipinski definition) is 3. The molecule has 0 bridgehead atoms. The molecule has 0 spiro atoms. The van der Waals surface area contributed by atoms with Gasteiger partial charge in [0, 0.05) is 24.7 Å². The fourth-order valence-electron chi connectivity index (χ4n) is 1.64. The van der Waals surface area contributed by atoms with Crippen molar-refractivity contribution in [2.75, 3.05) is 13.1 Å². The molecule has 1 rings (SSSR count). The first-order chi connectivity index (χ1) is 8.99. The third-order valence-corrected chi connectivity index (χ3v) is 2.70. The monoisotopic (exact) mass is 264 g/mol. The molecule has 1 unspecified atom stereocenters. The molecule has 19 heavy (non-hydrogen) atoms. The lowest BCUT2D eigenvalue weighted by Gasteiger charge is -2.11. The highest BCUT2D eigenvalue weighted by atomic mass is 16.4. The highest BCUT2D eigenvalue weighted by Crippen LogP contribution is 2.02. The molecule has 0 saturated heterocycles. The molecule has 0 aliphatic carbocycles. The first kappa shape index (κ1) is 15.2. The number of nitrogens with one attached hydrogen (secondary N) is 2. The third kappa shape index (κ3) is 6.01. The van der Waals surface area contributed by atoms with Crippen molar-refractivity contribution in [1.29, 1.82) is 0 Å². The van der Waals surface area contributed by atoms with Crippen molar-refractivity contribution in [3.05, 3.63) is 35.4 Å². The van der Waals surface area contributed by atoms with Gasteiger partial charge in [-0.15, -0.1) is 0 Å². The van der Waals surface area contributed by atoms with E-state index >= 15 is 0 Å². The Morgan fingerprint density at radius 2 is 1.84 bits per heavy atom. The standard InChI is InChI=1S/C14H20N2O3/c1-10-3-5-12(6-4-10)14(19)16-8-7-15-11(2)9-13(17)18/h3-6,11,15H,7-9H2,1-2H3,(H,16,19)(H,17,18). The number of aliphatic carboxylic acids is 1. The summed E-state index contributed by atoms with van der Waals surface area (Å²) in [5, 5.41) is 14.4. The molecule has 5 heteroatoms. The van der Waals surface area contributed by atoms with Gasteiger partial charge in [0.15, 0.2) is 0 Å². The number of carboxylic acids is 1. The summed E-state index contributed by atoms with van der Waals surface area (Å²) in [4.78, 5) is 22.2. The van der Waals surface area contributed by atoms with Gasteiger partial charge in [-0.05, 0) is 26.0 Å². The number of hydrogen-bond donors (Lipinski definition) is 3. The molecule has 0 saturated carbocycles. The lowest BCUT2D eigenvalue weighted by atomic mass is 10.1. The summed E-state index contributed by atoms with van der Waals surface area (Å²) in [5.74, 6) is -0.948. The molecule has 1 atom stereocenters. The van der Waals surface area contributed by atoms with E-state index in [1.165, 1.54) is 0 Å². The molecule has 3 N–H and O–H groups in total. The van der Waals surface area contributed by atoms with Gasteiger partial charge in [-0.3, -0.25) is 9.59 Å². The van der Waals surface area contributed by atoms with Crippen LogP contribution >= 0.6 is 0 Å². The maximum Gasteiger partial charge on any atom is 0.304 e. The molecular formula is C14H20N2O3. The Morgan fingerprint density at radius 3 is 2.42 bits per heavy atom. The van der Waals surface area contributed by atoms with Crippen molar-refractivity contribution >= 4 is 11.9 Å². The molecular weight excluding hydrogens is 244 g/mol. The summed E-state index contributed by atoms with van der Waals surface area (Å²) in [7, 11) is 0. The number of carbonyl (C=O) groups is 2. The lowest BCUT2D eigenvalue weighted by Crippen LogP contribution is -2.36. The maximum atomic E-state index is 11.7. The zero-order valence-electron chi connectivity index (χ0n) is 11.3. The summed E-state index contributed by atoms with van der Waals surface area (Å²) in [6.45, 7) is 4.79. The van der Waals surface area contributed by atoms with Gasteiger partial charge >= 0.3 is 5.97 Å². The van der Waals surface area contributed by atoms with Crippen molar-refractivity contribution in [2.24, 2.45) is 0 Å². The van der Waals surface area contributed by atoms with Crippen LogP contribution in [0.25, 0.3) is 0 Å². The Balaban J connectivity index is 2.24. The summed E-state index contributed by atoms with van der Waals surface area (Å²) in [6, 6.07) is 7.24. The number of carboxylic acid groups (broad SMARTS) is 1. The molecule has 1 aromatic rings. The third-order valence-electron chi connectivity index (χ3n) is 2.70. The van der Waals surface area contributed by atoms with Gasteiger partial charge in [0.1, 0.15) is 0 Å². The Labute approximate surface area is 113 Å². The van der Waals surface area contributed by atoms with E-state index in [0.29, 0.717) is 18.7 Å². The van der Waals surface area contributed by atoms with Crippen molar-refractivity contribution in [1.82, 2.24) is 10.6 Å². The lowest BCUT2D eigenvalue weighted by molar-refractivity contribution is -0.137. The first-order valence-electron chi connectivity index (χ1n) is 6.29. The highest BCUT2D eigenvalue weighted by molar-refractivity contribution is 5.94. The van der Waals surface area contributed by atoms with Gasteiger partial charge in [-0.1, -0.05) is 17.7 Å². The van der Waals surface area contributed by atoms with Crippen LogP contribution in [0.15, 0.2) is 24.3 Å². The Bertz CT molecular complexity index is 429. The van der Waals surface area contributed by atoms with E-state index in [9.17, 15) is 9.59 Å². The van der Waals surface area contributed by atoms with Gasteiger partial charge in [0.25, 0.3) is 5.91 Å². The largest absolute Gasteiger partial charge is 0.481 e. The molecule has 5 nitrogen and oxygen atoms in total. The molecule has 104 valence electrons. The van der Waals surface area contributed by atoms with Crippen molar-refractivity contribution in [3.8, 4) is 0 Å². The van der Waals surface area contributed by atoms with E-state index in [0.717, 1.165) is 5.56 Å². The number of benzene rings is 1. The van der Waals surface area contributed by atoms with E-state index in [2.05, 4.69) is 10.6 Å². The SMILES string of the molecule is Cc1ccc(C(=O)NCCNC(C)CC(=O)O)cc1. The first-order valence-corrected chi connectivity index (χ1v) is 6.29. The molecule has 0 aliphatic heterocycles. The molecule has 0 fully saturated rings. The zero-order valence-corrected chi connectivity index (χ0v) is 11.3. The molecule has 0 radical (unpaired) electrons. The van der Waals surface area contributed by atoms with Crippen LogP contribution in [0.4, 0.5) is 0 Å². The van der Waals surface area contributed by atoms with Crippen LogP contribution in [-0.4, -0.2) is 36.1 Å². The Hall–Kier alpha value is -1.88. The van der Waals surface area contributed by atoms with Crippen LogP contribution in [0.1, 0.15) is 29.3 Å². The molecule has 0 aliphatic rings. The molecule has 0 aromatic heterocycles. The normalized spacial score (nSPS) is 11.9. The van der Waals surface area contributed by atoms with Gasteiger partial charge < -0.3 is 15.7 Å². The van der Waals surface area contributed by atoms with E-state index in [1.807, 2.05) is 19.1 Å². The topological polar surface area (TPSA) is 78.4 Å². The second-order valence-corrected chi connectivity index (χ2v) is 4.57. The van der Waals surface area contributed by atoms with Crippen LogP contribution in [0.5, 0.6) is 0 Å². The van der Waals surface area contributed by atoms with Crippen LogP contribution in [0.3, 0.4) is 0 Å². The van der Waals surface area contributed by atoms with Crippen molar-refractivity contribution in [3.63, 3.8) is 0 Å². The number of carbonyl (C=O) groups excluding carboxylic acids is 1. The minimum Gasteiger partial charge on any atom is -0.481 e. The molecule has 0 heterocycles. The van der Waals surface area contributed by atoms with E-state index in [4.69, 9.17) is 5.11 Å². The Kier molecular flexibility index (Phi) is 6.02. The van der Waals surface area contributed by atoms with E-state index in [1.54, 1.807) is 19.1 Å². The molecule has 1 amide bonds. The number of rotatable bonds is 7. The van der Waals surface area contributed by atoms with Crippen LogP contribution in [0.2, 0.25) is 0 Å². The quantitative estimate of drug-likeness (QED) is 0.646. The second-order valence-electron chi connectivity index (χ2n) is 4.57. The smallest absolute Gasteiger partial charge is 0.304 e. The van der Waals surface area contributed by atoms with Crippen LogP contribution in [0, 0.1) is 6.92 Å². The summed E-state index contributed by atoms with van der Waals surface area (Å²) >= 11 is 0. The molecule has 1 aromatic carbocycles. The van der Waals surface area contributed by atoms with Gasteiger partial charge in [-0.25, -0.2) is 0 Å². The minimum atomic E-state index is -0.830. The maximum absolute atomic E-state index is 11.7. The highest BCUT2D eigenvalue weighted by Gasteiger charge is 2.07. The Morgan fingerprint density at radius 1 is 1.21 bits per heavy atom. The predicted octanol–water partition coefficient (Wildman–Crippen LogP) is 1.18. The van der Waals surface area contributed by atoms with E-state index in [-0.39, 0.29) is 18.4 Å². The van der Waals surface area contributed by atoms with Crippen molar-refractivity contribution in [2.45, 2.75) is 26.3 Å². The van der Waals surface area contributed by atoms with Gasteiger partial charge in [0.2, 0.25) is 0 Å². The van der Waals surface area contributed by atoms with Crippen LogP contribution in [-0.2, 0) is 4.79 Å².